The molecule has 2 nitrogen and oxygen atoms in total. The van der Waals surface area contributed by atoms with Crippen LogP contribution in [0.3, 0.4) is 0 Å². The van der Waals surface area contributed by atoms with Crippen LogP contribution in [0, 0.1) is 5.92 Å². The van der Waals surface area contributed by atoms with Crippen molar-refractivity contribution in [3.05, 3.63) is 12.7 Å². The molecule has 1 aliphatic rings. The van der Waals surface area contributed by atoms with Gasteiger partial charge in [-0.25, -0.2) is 0 Å². The van der Waals surface area contributed by atoms with Gasteiger partial charge in [0.2, 0.25) is 5.78 Å². The molecule has 0 aromatic heterocycles. The highest BCUT2D eigenvalue weighted by molar-refractivity contribution is 6.38. The maximum absolute atomic E-state index is 11.1. The zero-order chi connectivity index (χ0) is 8.27. The van der Waals surface area contributed by atoms with Crippen molar-refractivity contribution in [1.29, 1.82) is 0 Å². The van der Waals surface area contributed by atoms with E-state index in [4.69, 9.17) is 0 Å². The molecule has 0 spiro atoms. The Labute approximate surface area is 66.3 Å². The van der Waals surface area contributed by atoms with Crippen molar-refractivity contribution in [3.8, 4) is 0 Å². The number of rotatable bonds is 2. The zero-order valence-electron chi connectivity index (χ0n) is 6.51. The molecule has 0 aromatic carbocycles. The van der Waals surface area contributed by atoms with Crippen molar-refractivity contribution in [1.82, 2.24) is 0 Å². The number of carbonyl (C=O) groups is 2. The first-order valence-corrected chi connectivity index (χ1v) is 3.93. The first-order chi connectivity index (χ1) is 5.25. The molecule has 0 radical (unpaired) electrons. The molecule has 2 heteroatoms. The van der Waals surface area contributed by atoms with Gasteiger partial charge in [0.25, 0.3) is 0 Å². The lowest BCUT2D eigenvalue weighted by molar-refractivity contribution is -0.140. The summed E-state index contributed by atoms with van der Waals surface area (Å²) in [4.78, 5) is 22.0. The Morgan fingerprint density at radius 1 is 1.55 bits per heavy atom. The van der Waals surface area contributed by atoms with Crippen LogP contribution in [0.25, 0.3) is 0 Å². The van der Waals surface area contributed by atoms with Crippen molar-refractivity contribution in [2.45, 2.75) is 25.7 Å². The van der Waals surface area contributed by atoms with E-state index >= 15 is 0 Å². The summed E-state index contributed by atoms with van der Waals surface area (Å²) in [6.45, 7) is 3.55. The van der Waals surface area contributed by atoms with Gasteiger partial charge >= 0.3 is 0 Å². The lowest BCUT2D eigenvalue weighted by Gasteiger charge is -2.17. The van der Waals surface area contributed by atoms with Gasteiger partial charge in [-0.2, -0.15) is 0 Å². The van der Waals surface area contributed by atoms with E-state index in [9.17, 15) is 9.59 Å². The molecule has 1 atom stereocenters. The Morgan fingerprint density at radius 2 is 2.27 bits per heavy atom. The van der Waals surface area contributed by atoms with Crippen LogP contribution < -0.4 is 0 Å². The number of allylic oxidation sites excluding steroid dienone is 1. The molecule has 0 aliphatic heterocycles. The van der Waals surface area contributed by atoms with Gasteiger partial charge in [-0.15, -0.1) is 6.58 Å². The maximum Gasteiger partial charge on any atom is 0.201 e. The van der Waals surface area contributed by atoms with E-state index in [0.29, 0.717) is 12.8 Å². The highest BCUT2D eigenvalue weighted by Gasteiger charge is 2.27. The SMILES string of the molecule is C=CCC1CCCC(=O)C1=O. The number of hydrogen-bond acceptors (Lipinski definition) is 2. The summed E-state index contributed by atoms with van der Waals surface area (Å²) in [5.74, 6) is -0.437. The molecular formula is C9H12O2. The average molecular weight is 152 g/mol. The first-order valence-electron chi connectivity index (χ1n) is 3.93. The molecule has 1 unspecified atom stereocenters. The normalized spacial score (nSPS) is 25.3. The van der Waals surface area contributed by atoms with Crippen LogP contribution in [0.5, 0.6) is 0 Å². The molecule has 1 aliphatic carbocycles. The Morgan fingerprint density at radius 3 is 2.91 bits per heavy atom. The smallest absolute Gasteiger partial charge is 0.201 e. The van der Waals surface area contributed by atoms with Gasteiger partial charge in [-0.1, -0.05) is 6.08 Å². The third-order valence-electron chi connectivity index (χ3n) is 2.05. The second kappa shape index (κ2) is 3.46. The zero-order valence-corrected chi connectivity index (χ0v) is 6.51. The van der Waals surface area contributed by atoms with Gasteiger partial charge in [-0.05, 0) is 19.3 Å². The minimum atomic E-state index is -0.192. The Kier molecular flexibility index (Phi) is 2.58. The van der Waals surface area contributed by atoms with Crippen molar-refractivity contribution in [3.63, 3.8) is 0 Å². The lowest BCUT2D eigenvalue weighted by atomic mass is 9.85. The van der Waals surface area contributed by atoms with Crippen LogP contribution >= 0.6 is 0 Å². The minimum absolute atomic E-state index is 0.0613. The molecule has 60 valence electrons. The van der Waals surface area contributed by atoms with Gasteiger partial charge in [0, 0.05) is 12.3 Å². The van der Waals surface area contributed by atoms with E-state index in [1.54, 1.807) is 6.08 Å². The monoisotopic (exact) mass is 152 g/mol. The van der Waals surface area contributed by atoms with Crippen LogP contribution in [0.4, 0.5) is 0 Å². The van der Waals surface area contributed by atoms with Crippen molar-refractivity contribution >= 4 is 11.6 Å². The molecule has 0 bridgehead atoms. The molecular weight excluding hydrogens is 140 g/mol. The molecule has 0 amide bonds. The number of ketones is 2. The summed E-state index contributed by atoms with van der Waals surface area (Å²) in [5.41, 5.74) is 0. The standard InChI is InChI=1S/C9H12O2/c1-2-4-7-5-3-6-8(10)9(7)11/h2,7H,1,3-6H2. The highest BCUT2D eigenvalue weighted by atomic mass is 16.2. The van der Waals surface area contributed by atoms with Crippen molar-refractivity contribution in [2.75, 3.05) is 0 Å². The molecule has 11 heavy (non-hydrogen) atoms. The maximum atomic E-state index is 11.1. The van der Waals surface area contributed by atoms with E-state index in [1.165, 1.54) is 0 Å². The molecule has 0 saturated heterocycles. The second-order valence-corrected chi connectivity index (χ2v) is 2.90. The fourth-order valence-corrected chi connectivity index (χ4v) is 1.42. The van der Waals surface area contributed by atoms with Crippen molar-refractivity contribution < 1.29 is 9.59 Å². The van der Waals surface area contributed by atoms with E-state index in [-0.39, 0.29) is 17.5 Å². The quantitative estimate of drug-likeness (QED) is 0.444. The second-order valence-electron chi connectivity index (χ2n) is 2.90. The topological polar surface area (TPSA) is 34.1 Å². The predicted molar refractivity (Wildman–Crippen MR) is 42.2 cm³/mol. The van der Waals surface area contributed by atoms with Gasteiger partial charge in [-0.3, -0.25) is 9.59 Å². The van der Waals surface area contributed by atoms with E-state index < -0.39 is 0 Å². The summed E-state index contributed by atoms with van der Waals surface area (Å²) in [6, 6.07) is 0. The predicted octanol–water partition coefficient (Wildman–Crippen LogP) is 1.50. The molecule has 0 aromatic rings. The Balaban J connectivity index is 2.58. The van der Waals surface area contributed by atoms with E-state index in [2.05, 4.69) is 6.58 Å². The fourth-order valence-electron chi connectivity index (χ4n) is 1.42. The largest absolute Gasteiger partial charge is 0.291 e. The summed E-state index contributed by atoms with van der Waals surface area (Å²) in [5, 5.41) is 0. The van der Waals surface area contributed by atoms with E-state index in [0.717, 1.165) is 12.8 Å². The van der Waals surface area contributed by atoms with Crippen LogP contribution in [0.15, 0.2) is 12.7 Å². The van der Waals surface area contributed by atoms with Gasteiger partial charge < -0.3 is 0 Å². The third-order valence-corrected chi connectivity index (χ3v) is 2.05. The highest BCUT2D eigenvalue weighted by Crippen LogP contribution is 2.21. The third kappa shape index (κ3) is 1.76. The summed E-state index contributed by atoms with van der Waals surface area (Å²) in [6.07, 6.45) is 4.54. The molecule has 1 saturated carbocycles. The molecule has 0 N–H and O–H groups in total. The lowest BCUT2D eigenvalue weighted by Crippen LogP contribution is -2.27. The number of carbonyl (C=O) groups excluding carboxylic acids is 2. The first kappa shape index (κ1) is 8.18. The summed E-state index contributed by atoms with van der Waals surface area (Å²) < 4.78 is 0. The molecule has 1 rings (SSSR count). The Bertz CT molecular complexity index is 194. The summed E-state index contributed by atoms with van der Waals surface area (Å²) >= 11 is 0. The van der Waals surface area contributed by atoms with Crippen LogP contribution in [-0.2, 0) is 9.59 Å². The van der Waals surface area contributed by atoms with Gasteiger partial charge in [0.05, 0.1) is 0 Å². The minimum Gasteiger partial charge on any atom is -0.291 e. The average Bonchev–Trinajstić information content (AvgIpc) is 1.99. The number of Topliss-reactive ketones (excluding diaryl/α,β-unsaturated/α-hetero) is 2. The molecule has 1 fully saturated rings. The Hall–Kier alpha value is -0.920. The van der Waals surface area contributed by atoms with Gasteiger partial charge in [0.1, 0.15) is 0 Å². The van der Waals surface area contributed by atoms with Crippen LogP contribution in [0.2, 0.25) is 0 Å². The molecule has 0 heterocycles. The van der Waals surface area contributed by atoms with Crippen LogP contribution in [0.1, 0.15) is 25.7 Å². The number of hydrogen-bond donors (Lipinski definition) is 0. The fraction of sp³-hybridized carbons (Fsp3) is 0.556. The van der Waals surface area contributed by atoms with Crippen LogP contribution in [-0.4, -0.2) is 11.6 Å². The van der Waals surface area contributed by atoms with Gasteiger partial charge in [0.15, 0.2) is 5.78 Å². The van der Waals surface area contributed by atoms with E-state index in [1.807, 2.05) is 0 Å². The van der Waals surface area contributed by atoms with Crippen molar-refractivity contribution in [2.24, 2.45) is 5.92 Å². The summed E-state index contributed by atoms with van der Waals surface area (Å²) in [7, 11) is 0.